The summed E-state index contributed by atoms with van der Waals surface area (Å²) in [6.07, 6.45) is 1.53. The fraction of sp³-hybridized carbons (Fsp3) is 0.865. The Hall–Kier alpha value is -2.58. The lowest BCUT2D eigenvalue weighted by Gasteiger charge is -2.39. The molecule has 51 heavy (non-hydrogen) atoms. The number of alkyl carbamates (subject to hydrolysis) is 1. The first-order valence-electron chi connectivity index (χ1n) is 18.7. The minimum atomic E-state index is -1.05. The average Bonchev–Trinajstić information content (AvgIpc) is 3.29. The van der Waals surface area contributed by atoms with Crippen LogP contribution in [0, 0.1) is 23.2 Å². The van der Waals surface area contributed by atoms with Gasteiger partial charge in [0.25, 0.3) is 0 Å². The Morgan fingerprint density at radius 3 is 2.04 bits per heavy atom. The zero-order valence-corrected chi connectivity index (χ0v) is 34.2. The molecule has 6 atom stereocenters. The van der Waals surface area contributed by atoms with Crippen molar-refractivity contribution >= 4 is 41.5 Å². The van der Waals surface area contributed by atoms with Crippen LogP contribution in [0.1, 0.15) is 94.9 Å². The number of carbonyl (C=O) groups excluding carboxylic acids is 5. The zero-order chi connectivity index (χ0) is 38.8. The van der Waals surface area contributed by atoms with Crippen molar-refractivity contribution in [2.24, 2.45) is 23.2 Å². The van der Waals surface area contributed by atoms with Crippen molar-refractivity contribution in [3.8, 4) is 0 Å². The first-order chi connectivity index (χ1) is 23.6. The van der Waals surface area contributed by atoms with Crippen molar-refractivity contribution in [2.45, 2.75) is 131 Å². The number of piperazine rings is 1. The zero-order valence-electron chi connectivity index (χ0n) is 33.3. The van der Waals surface area contributed by atoms with Crippen LogP contribution in [0.4, 0.5) is 4.79 Å². The number of nitrogens with one attached hydrogen (secondary N) is 3. The van der Waals surface area contributed by atoms with E-state index in [0.717, 1.165) is 13.1 Å². The van der Waals surface area contributed by atoms with Crippen LogP contribution in [0.25, 0.3) is 0 Å². The van der Waals surface area contributed by atoms with Crippen molar-refractivity contribution < 1.29 is 33.8 Å². The number of amides is 5. The Bertz CT molecular complexity index is 1190. The lowest BCUT2D eigenvalue weighted by molar-refractivity contribution is -0.150. The summed E-state index contributed by atoms with van der Waals surface area (Å²) in [7, 11) is 2.03. The fourth-order valence-electron chi connectivity index (χ4n) is 6.81. The Morgan fingerprint density at radius 2 is 1.53 bits per heavy atom. The molecule has 2 aliphatic rings. The number of nitrogens with zero attached hydrogens (tertiary/aromatic N) is 3. The standard InChI is InChI=1S/C37H68N6O7S/c1-23(2)21-27(39-31(45)26(13-20-51-12)38-32(46)29(24(3)4)40-35(49)50-36(7,8)9)28(44)22-37(10)14-15-43(34(37)48)30(25(5)6)33(47)42-18-16-41(11)17-19-42/h23-30,44H,13-22H2,1-12H3,(H,38,46)(H,39,45)(H,40,49)/t26-,27-,28-,29-,30-,37-/m0/s1. The Balaban J connectivity index is 2.21. The number of hydrogen-bond acceptors (Lipinski definition) is 9. The number of carbonyl (C=O) groups is 5. The molecular weight excluding hydrogens is 673 g/mol. The largest absolute Gasteiger partial charge is 0.444 e. The SMILES string of the molecule is CSCC[C@H](NC(=O)[C@@H](NC(=O)OC(C)(C)C)C(C)C)C(=O)N[C@@H](CC(C)C)[C@@H](O)C[C@]1(C)CCN([C@H](C(=O)N2CCN(C)CC2)C(C)C)C1=O. The van der Waals surface area contributed by atoms with Crippen LogP contribution < -0.4 is 16.0 Å². The van der Waals surface area contributed by atoms with Gasteiger partial charge < -0.3 is 40.5 Å². The summed E-state index contributed by atoms with van der Waals surface area (Å²) in [5.74, 6) is -0.786. The van der Waals surface area contributed by atoms with Gasteiger partial charge in [0.1, 0.15) is 23.7 Å². The van der Waals surface area contributed by atoms with E-state index in [9.17, 15) is 29.1 Å². The summed E-state index contributed by atoms with van der Waals surface area (Å²) in [6, 6.07) is -3.11. The topological polar surface area (TPSA) is 161 Å². The maximum Gasteiger partial charge on any atom is 0.408 e. The second kappa shape index (κ2) is 19.5. The lowest BCUT2D eigenvalue weighted by atomic mass is 9.80. The van der Waals surface area contributed by atoms with Crippen LogP contribution in [0.2, 0.25) is 0 Å². The number of hydrogen-bond donors (Lipinski definition) is 4. The van der Waals surface area contributed by atoms with Gasteiger partial charge in [-0.3, -0.25) is 19.2 Å². The van der Waals surface area contributed by atoms with Crippen LogP contribution in [-0.4, -0.2) is 137 Å². The van der Waals surface area contributed by atoms with Crippen molar-refractivity contribution in [3.05, 3.63) is 0 Å². The lowest BCUT2D eigenvalue weighted by Crippen LogP contribution is -2.58. The van der Waals surface area contributed by atoms with Crippen LogP contribution >= 0.6 is 11.8 Å². The second-order valence-corrected chi connectivity index (χ2v) is 17.8. The van der Waals surface area contributed by atoms with Gasteiger partial charge >= 0.3 is 6.09 Å². The molecule has 0 aromatic heterocycles. The molecule has 2 saturated heterocycles. The summed E-state index contributed by atoms with van der Waals surface area (Å²) in [4.78, 5) is 73.4. The molecule has 0 spiro atoms. The summed E-state index contributed by atoms with van der Waals surface area (Å²) in [6.45, 7) is 21.8. The molecule has 4 N–H and O–H groups in total. The van der Waals surface area contributed by atoms with Gasteiger partial charge in [0.2, 0.25) is 23.6 Å². The van der Waals surface area contributed by atoms with E-state index in [2.05, 4.69) is 20.9 Å². The van der Waals surface area contributed by atoms with Gasteiger partial charge in [-0.05, 0) is 83.3 Å². The summed E-state index contributed by atoms with van der Waals surface area (Å²) >= 11 is 1.54. The molecule has 14 heteroatoms. The molecule has 2 rings (SSSR count). The molecule has 2 fully saturated rings. The molecule has 2 aliphatic heterocycles. The molecule has 0 aromatic carbocycles. The molecule has 294 valence electrons. The maximum absolute atomic E-state index is 14.1. The highest BCUT2D eigenvalue weighted by atomic mass is 32.2. The number of rotatable bonds is 17. The molecule has 13 nitrogen and oxygen atoms in total. The smallest absolute Gasteiger partial charge is 0.408 e. The Morgan fingerprint density at radius 1 is 0.922 bits per heavy atom. The number of thioether (sulfide) groups is 1. The summed E-state index contributed by atoms with van der Waals surface area (Å²) < 4.78 is 5.36. The first kappa shape index (κ1) is 44.6. The molecule has 0 bridgehead atoms. The predicted molar refractivity (Wildman–Crippen MR) is 202 cm³/mol. The van der Waals surface area contributed by atoms with Crippen LogP contribution in [0.15, 0.2) is 0 Å². The number of ether oxygens (including phenoxy) is 1. The van der Waals surface area contributed by atoms with Crippen molar-refractivity contribution in [1.82, 2.24) is 30.7 Å². The quantitative estimate of drug-likeness (QED) is 0.176. The van der Waals surface area contributed by atoms with E-state index in [1.807, 2.05) is 52.8 Å². The second-order valence-electron chi connectivity index (χ2n) is 16.9. The molecule has 2 heterocycles. The van der Waals surface area contributed by atoms with E-state index in [4.69, 9.17) is 4.74 Å². The highest BCUT2D eigenvalue weighted by molar-refractivity contribution is 7.98. The third-order valence-electron chi connectivity index (χ3n) is 9.76. The fourth-order valence-corrected chi connectivity index (χ4v) is 7.28. The molecular formula is C37H68N6O7S. The molecule has 0 aromatic rings. The minimum Gasteiger partial charge on any atom is -0.444 e. The molecule has 0 aliphatic carbocycles. The average molecular weight is 741 g/mol. The molecule has 0 radical (unpaired) electrons. The normalized spacial score (nSPS) is 21.8. The van der Waals surface area contributed by atoms with E-state index < -0.39 is 59.2 Å². The number of aliphatic hydroxyl groups is 1. The Kier molecular flexibility index (Phi) is 17.0. The third-order valence-corrected chi connectivity index (χ3v) is 10.4. The number of aliphatic hydroxyl groups excluding tert-OH is 1. The monoisotopic (exact) mass is 740 g/mol. The van der Waals surface area contributed by atoms with E-state index in [1.54, 1.807) is 39.5 Å². The van der Waals surface area contributed by atoms with Crippen LogP contribution in [0.3, 0.4) is 0 Å². The Labute approximate surface area is 311 Å². The van der Waals surface area contributed by atoms with E-state index in [1.165, 1.54) is 11.8 Å². The van der Waals surface area contributed by atoms with Gasteiger partial charge in [0.15, 0.2) is 0 Å². The van der Waals surface area contributed by atoms with Gasteiger partial charge in [-0.2, -0.15) is 11.8 Å². The van der Waals surface area contributed by atoms with Gasteiger partial charge in [-0.25, -0.2) is 4.79 Å². The summed E-state index contributed by atoms with van der Waals surface area (Å²) in [5.41, 5.74) is -1.66. The van der Waals surface area contributed by atoms with Gasteiger partial charge in [0.05, 0.1) is 17.6 Å². The highest BCUT2D eigenvalue weighted by Crippen LogP contribution is 2.39. The van der Waals surface area contributed by atoms with Gasteiger partial charge in [0, 0.05) is 32.7 Å². The molecule has 5 amide bonds. The summed E-state index contributed by atoms with van der Waals surface area (Å²) in [5, 5.41) is 20.2. The number of likely N-dealkylation sites (tertiary alicyclic amines) is 1. The molecule has 0 saturated carbocycles. The molecule has 0 unspecified atom stereocenters. The maximum atomic E-state index is 14.1. The van der Waals surface area contributed by atoms with Crippen molar-refractivity contribution in [2.75, 3.05) is 51.8 Å². The first-order valence-corrected chi connectivity index (χ1v) is 20.0. The van der Waals surface area contributed by atoms with E-state index in [0.29, 0.717) is 44.6 Å². The van der Waals surface area contributed by atoms with Gasteiger partial charge in [-0.15, -0.1) is 0 Å². The van der Waals surface area contributed by atoms with Crippen LogP contribution in [-0.2, 0) is 23.9 Å². The van der Waals surface area contributed by atoms with Crippen molar-refractivity contribution in [1.29, 1.82) is 0 Å². The van der Waals surface area contributed by atoms with E-state index >= 15 is 0 Å². The highest BCUT2D eigenvalue weighted by Gasteiger charge is 2.49. The third kappa shape index (κ3) is 13.4. The van der Waals surface area contributed by atoms with Crippen LogP contribution in [0.5, 0.6) is 0 Å². The van der Waals surface area contributed by atoms with Crippen molar-refractivity contribution in [3.63, 3.8) is 0 Å². The minimum absolute atomic E-state index is 0.0273. The number of likely N-dealkylation sites (N-methyl/N-ethyl adjacent to an activating group) is 1. The van der Waals surface area contributed by atoms with E-state index in [-0.39, 0.29) is 36.0 Å². The predicted octanol–water partition coefficient (Wildman–Crippen LogP) is 3.09. The van der Waals surface area contributed by atoms with Gasteiger partial charge in [-0.1, -0.05) is 48.5 Å².